The number of ether oxygens (including phenoxy) is 2. The lowest BCUT2D eigenvalue weighted by molar-refractivity contribution is 0.170. The minimum absolute atomic E-state index is 0.0316. The second-order valence-electron chi connectivity index (χ2n) is 3.44. The highest BCUT2D eigenvalue weighted by molar-refractivity contribution is 6.33. The molecule has 1 aromatic rings. The number of hydrogen-bond donors (Lipinski definition) is 2. The van der Waals surface area contributed by atoms with Crippen LogP contribution in [0.3, 0.4) is 0 Å². The molecule has 3 N–H and O–H groups in total. The van der Waals surface area contributed by atoms with Gasteiger partial charge < -0.3 is 20.3 Å². The van der Waals surface area contributed by atoms with Crippen LogP contribution in [0.5, 0.6) is 17.2 Å². The van der Waals surface area contributed by atoms with E-state index in [4.69, 9.17) is 26.8 Å². The highest BCUT2D eigenvalue weighted by Crippen LogP contribution is 2.46. The number of nitrogens with two attached hydrogens (primary N) is 1. The molecule has 0 fully saturated rings. The van der Waals surface area contributed by atoms with Crippen LogP contribution in [0, 0.1) is 0 Å². The van der Waals surface area contributed by atoms with Gasteiger partial charge in [0.05, 0.1) is 0 Å². The normalized spacial score (nSPS) is 16.2. The summed E-state index contributed by atoms with van der Waals surface area (Å²) in [5.41, 5.74) is 6.26. The van der Waals surface area contributed by atoms with Crippen molar-refractivity contribution in [2.24, 2.45) is 5.73 Å². The standard InChI is InChI=1S/C10H12ClNO3/c1-5(12)6-4-7-10(8(11)9(6)13)15-3-2-14-7/h4-5,13H,2-3,12H2,1H3. The topological polar surface area (TPSA) is 64.7 Å². The lowest BCUT2D eigenvalue weighted by atomic mass is 10.1. The molecule has 1 heterocycles. The summed E-state index contributed by atoms with van der Waals surface area (Å²) in [5.74, 6) is 0.900. The number of phenols is 1. The molecule has 1 atom stereocenters. The Kier molecular flexibility index (Phi) is 2.63. The summed E-state index contributed by atoms with van der Waals surface area (Å²) >= 11 is 5.95. The maximum absolute atomic E-state index is 9.78. The van der Waals surface area contributed by atoms with E-state index < -0.39 is 0 Å². The van der Waals surface area contributed by atoms with Crippen molar-refractivity contribution in [3.05, 3.63) is 16.7 Å². The van der Waals surface area contributed by atoms with Crippen molar-refractivity contribution in [1.82, 2.24) is 0 Å². The van der Waals surface area contributed by atoms with Crippen molar-refractivity contribution in [2.45, 2.75) is 13.0 Å². The summed E-state index contributed by atoms with van der Waals surface area (Å²) in [5, 5.41) is 9.94. The van der Waals surface area contributed by atoms with Crippen LogP contribution >= 0.6 is 11.6 Å². The van der Waals surface area contributed by atoms with Crippen LogP contribution in [-0.2, 0) is 0 Å². The van der Waals surface area contributed by atoms with Crippen LogP contribution < -0.4 is 15.2 Å². The van der Waals surface area contributed by atoms with Gasteiger partial charge in [0, 0.05) is 11.6 Å². The first-order valence-electron chi connectivity index (χ1n) is 4.67. The summed E-state index contributed by atoms with van der Waals surface area (Å²) in [7, 11) is 0. The Bertz CT molecular complexity index is 393. The predicted octanol–water partition coefficient (Wildman–Crippen LogP) is 1.84. The zero-order valence-corrected chi connectivity index (χ0v) is 9.04. The van der Waals surface area contributed by atoms with Crippen molar-refractivity contribution in [1.29, 1.82) is 0 Å². The summed E-state index contributed by atoms with van der Waals surface area (Å²) in [4.78, 5) is 0. The Labute approximate surface area is 92.5 Å². The van der Waals surface area contributed by atoms with Gasteiger partial charge in [-0.05, 0) is 13.0 Å². The third-order valence-electron chi connectivity index (χ3n) is 2.27. The number of benzene rings is 1. The molecule has 82 valence electrons. The molecule has 1 aliphatic rings. The Hall–Kier alpha value is -1.13. The van der Waals surface area contributed by atoms with Gasteiger partial charge in [-0.2, -0.15) is 0 Å². The molecular weight excluding hydrogens is 218 g/mol. The molecule has 0 amide bonds. The molecule has 4 nitrogen and oxygen atoms in total. The number of halogens is 1. The third-order valence-corrected chi connectivity index (χ3v) is 2.62. The number of fused-ring (bicyclic) bond motifs is 1. The van der Waals surface area contributed by atoms with Crippen molar-refractivity contribution in [3.8, 4) is 17.2 Å². The molecule has 2 rings (SSSR count). The van der Waals surface area contributed by atoms with Gasteiger partial charge in [0.25, 0.3) is 0 Å². The molecular formula is C10H12ClNO3. The van der Waals surface area contributed by atoms with E-state index in [1.807, 2.05) is 0 Å². The Morgan fingerprint density at radius 2 is 2.13 bits per heavy atom. The quantitative estimate of drug-likeness (QED) is 0.771. The van der Waals surface area contributed by atoms with Crippen LogP contribution in [0.4, 0.5) is 0 Å². The summed E-state index contributed by atoms with van der Waals surface area (Å²) in [6.45, 7) is 2.68. The van der Waals surface area contributed by atoms with Gasteiger partial charge in [-0.25, -0.2) is 0 Å². The van der Waals surface area contributed by atoms with Gasteiger partial charge in [-0.1, -0.05) is 11.6 Å². The molecule has 0 radical (unpaired) electrons. The molecule has 15 heavy (non-hydrogen) atoms. The molecule has 0 saturated carbocycles. The van der Waals surface area contributed by atoms with E-state index in [1.165, 1.54) is 0 Å². The van der Waals surface area contributed by atoms with Gasteiger partial charge in [0.1, 0.15) is 24.0 Å². The monoisotopic (exact) mass is 229 g/mol. The fourth-order valence-electron chi connectivity index (χ4n) is 1.50. The summed E-state index contributed by atoms with van der Waals surface area (Å²) in [6.07, 6.45) is 0. The molecule has 1 aliphatic heterocycles. The molecule has 1 aromatic carbocycles. The van der Waals surface area contributed by atoms with Crippen molar-refractivity contribution in [3.63, 3.8) is 0 Å². The van der Waals surface area contributed by atoms with E-state index >= 15 is 0 Å². The van der Waals surface area contributed by atoms with Crippen LogP contribution in [0.2, 0.25) is 5.02 Å². The van der Waals surface area contributed by atoms with E-state index in [0.717, 1.165) is 0 Å². The molecule has 5 heteroatoms. The fourth-order valence-corrected chi connectivity index (χ4v) is 1.76. The zero-order chi connectivity index (χ0) is 11.0. The van der Waals surface area contributed by atoms with E-state index in [1.54, 1.807) is 13.0 Å². The maximum Gasteiger partial charge on any atom is 0.183 e. The first-order valence-corrected chi connectivity index (χ1v) is 5.05. The van der Waals surface area contributed by atoms with Crippen molar-refractivity contribution >= 4 is 11.6 Å². The number of hydrogen-bond acceptors (Lipinski definition) is 4. The van der Waals surface area contributed by atoms with Gasteiger partial charge in [0.2, 0.25) is 0 Å². The maximum atomic E-state index is 9.78. The van der Waals surface area contributed by atoms with E-state index in [9.17, 15) is 5.11 Å². The van der Waals surface area contributed by atoms with Crippen LogP contribution in [0.1, 0.15) is 18.5 Å². The molecule has 1 unspecified atom stereocenters. The number of rotatable bonds is 1. The van der Waals surface area contributed by atoms with E-state index in [2.05, 4.69) is 0 Å². The minimum atomic E-state index is -0.307. The van der Waals surface area contributed by atoms with Gasteiger partial charge >= 0.3 is 0 Å². The number of phenolic OH excluding ortho intramolecular Hbond substituents is 1. The van der Waals surface area contributed by atoms with Crippen LogP contribution in [-0.4, -0.2) is 18.3 Å². The van der Waals surface area contributed by atoms with Crippen molar-refractivity contribution < 1.29 is 14.6 Å². The van der Waals surface area contributed by atoms with Gasteiger partial charge in [-0.3, -0.25) is 0 Å². The predicted molar refractivity (Wildman–Crippen MR) is 56.7 cm³/mol. The SMILES string of the molecule is CC(N)c1cc2c(c(Cl)c1O)OCCO2. The van der Waals surface area contributed by atoms with Gasteiger partial charge in [0.15, 0.2) is 11.5 Å². The molecule has 0 spiro atoms. The first-order chi connectivity index (χ1) is 7.11. The zero-order valence-electron chi connectivity index (χ0n) is 8.29. The average molecular weight is 230 g/mol. The van der Waals surface area contributed by atoms with Gasteiger partial charge in [-0.15, -0.1) is 0 Å². The lowest BCUT2D eigenvalue weighted by Gasteiger charge is -2.22. The Balaban J connectivity index is 2.57. The summed E-state index contributed by atoms with van der Waals surface area (Å²) in [6, 6.07) is 1.36. The highest BCUT2D eigenvalue weighted by Gasteiger charge is 2.22. The minimum Gasteiger partial charge on any atom is -0.506 e. The highest BCUT2D eigenvalue weighted by atomic mass is 35.5. The largest absolute Gasteiger partial charge is 0.506 e. The Morgan fingerprint density at radius 1 is 1.47 bits per heavy atom. The second-order valence-corrected chi connectivity index (χ2v) is 3.82. The Morgan fingerprint density at radius 3 is 2.80 bits per heavy atom. The molecule has 0 aromatic heterocycles. The average Bonchev–Trinajstić information content (AvgIpc) is 2.23. The lowest BCUT2D eigenvalue weighted by Crippen LogP contribution is -2.16. The second kappa shape index (κ2) is 3.79. The van der Waals surface area contributed by atoms with E-state index in [0.29, 0.717) is 30.3 Å². The first kappa shape index (κ1) is 10.4. The van der Waals surface area contributed by atoms with Crippen LogP contribution in [0.15, 0.2) is 6.07 Å². The van der Waals surface area contributed by atoms with Crippen LogP contribution in [0.25, 0.3) is 0 Å². The molecule has 0 saturated heterocycles. The van der Waals surface area contributed by atoms with Crippen molar-refractivity contribution in [2.75, 3.05) is 13.2 Å². The van der Waals surface area contributed by atoms with E-state index in [-0.39, 0.29) is 16.8 Å². The molecule has 0 aliphatic carbocycles. The fraction of sp³-hybridized carbons (Fsp3) is 0.400. The smallest absolute Gasteiger partial charge is 0.183 e. The third kappa shape index (κ3) is 1.70. The summed E-state index contributed by atoms with van der Waals surface area (Å²) < 4.78 is 10.7. The molecule has 0 bridgehead atoms. The number of aromatic hydroxyl groups is 1.